The van der Waals surface area contributed by atoms with E-state index in [1.54, 1.807) is 0 Å². The van der Waals surface area contributed by atoms with Crippen molar-refractivity contribution in [3.8, 4) is 0 Å². The SMILES string of the molecule is Cc1cccc(CNCC/C(=N/N)NN)c1. The molecule has 0 spiro atoms. The van der Waals surface area contributed by atoms with Gasteiger partial charge in [0.05, 0.1) is 0 Å². The molecule has 0 amide bonds. The summed E-state index contributed by atoms with van der Waals surface area (Å²) in [5.74, 6) is 10.9. The molecule has 1 aromatic rings. The molecule has 0 atom stereocenters. The summed E-state index contributed by atoms with van der Waals surface area (Å²) in [5.41, 5.74) is 4.99. The average Bonchev–Trinajstić information content (AvgIpc) is 2.29. The largest absolute Gasteiger partial charge is 0.322 e. The molecular formula is C11H19N5. The fourth-order valence-electron chi connectivity index (χ4n) is 1.44. The molecule has 6 N–H and O–H groups in total. The lowest BCUT2D eigenvalue weighted by Gasteiger charge is -2.06. The minimum atomic E-state index is 0.594. The molecule has 0 fully saturated rings. The number of benzene rings is 1. The Labute approximate surface area is 95.9 Å². The van der Waals surface area contributed by atoms with Crippen LogP contribution in [0.5, 0.6) is 0 Å². The summed E-state index contributed by atoms with van der Waals surface area (Å²) in [7, 11) is 0. The van der Waals surface area contributed by atoms with E-state index in [2.05, 4.69) is 47.0 Å². The van der Waals surface area contributed by atoms with Crippen molar-refractivity contribution >= 4 is 5.84 Å². The van der Waals surface area contributed by atoms with Crippen LogP contribution in [0.4, 0.5) is 0 Å². The second-order valence-electron chi connectivity index (χ2n) is 3.64. The van der Waals surface area contributed by atoms with Crippen LogP contribution in [0, 0.1) is 6.92 Å². The van der Waals surface area contributed by atoms with E-state index < -0.39 is 0 Å². The Hall–Kier alpha value is -1.59. The number of nitrogens with one attached hydrogen (secondary N) is 2. The van der Waals surface area contributed by atoms with Crippen LogP contribution in [0.3, 0.4) is 0 Å². The molecule has 5 nitrogen and oxygen atoms in total. The molecule has 0 bridgehead atoms. The van der Waals surface area contributed by atoms with E-state index in [0.29, 0.717) is 12.3 Å². The standard InChI is InChI=1S/C11H19N5/c1-9-3-2-4-10(7-9)8-14-6-5-11(15-12)16-13/h2-4,7,14H,5-6,8,12-13H2,1H3,(H,15,16). The molecule has 0 aliphatic carbocycles. The van der Waals surface area contributed by atoms with E-state index >= 15 is 0 Å². The van der Waals surface area contributed by atoms with Crippen molar-refractivity contribution in [1.82, 2.24) is 10.7 Å². The smallest absolute Gasteiger partial charge is 0.137 e. The topological polar surface area (TPSA) is 88.5 Å². The van der Waals surface area contributed by atoms with Crippen molar-refractivity contribution in [3.63, 3.8) is 0 Å². The Morgan fingerprint density at radius 1 is 1.44 bits per heavy atom. The summed E-state index contributed by atoms with van der Waals surface area (Å²) >= 11 is 0. The van der Waals surface area contributed by atoms with Crippen molar-refractivity contribution in [2.45, 2.75) is 19.9 Å². The summed E-state index contributed by atoms with van der Waals surface area (Å²) < 4.78 is 0. The molecule has 1 aromatic carbocycles. The van der Waals surface area contributed by atoms with Gasteiger partial charge in [0.25, 0.3) is 0 Å². The monoisotopic (exact) mass is 221 g/mol. The molecule has 5 heteroatoms. The number of hydrogen-bond donors (Lipinski definition) is 4. The highest BCUT2D eigenvalue weighted by atomic mass is 15.3. The van der Waals surface area contributed by atoms with Crippen LogP contribution in [-0.4, -0.2) is 12.4 Å². The number of hydrazone groups is 1. The number of hydrazine groups is 1. The highest BCUT2D eigenvalue weighted by Crippen LogP contribution is 2.02. The Bertz CT molecular complexity index is 348. The number of aryl methyl sites for hydroxylation is 1. The van der Waals surface area contributed by atoms with Gasteiger partial charge in [-0.15, -0.1) is 0 Å². The molecule has 0 unspecified atom stereocenters. The van der Waals surface area contributed by atoms with E-state index in [-0.39, 0.29) is 0 Å². The zero-order chi connectivity index (χ0) is 11.8. The normalized spacial score (nSPS) is 11.5. The molecule has 0 radical (unpaired) electrons. The minimum Gasteiger partial charge on any atom is -0.322 e. The van der Waals surface area contributed by atoms with Crippen molar-refractivity contribution in [3.05, 3.63) is 35.4 Å². The van der Waals surface area contributed by atoms with Gasteiger partial charge in [-0.1, -0.05) is 29.8 Å². The van der Waals surface area contributed by atoms with Crippen LogP contribution in [0.25, 0.3) is 0 Å². The van der Waals surface area contributed by atoms with Crippen LogP contribution >= 0.6 is 0 Å². The molecule has 1 rings (SSSR count). The summed E-state index contributed by atoms with van der Waals surface area (Å²) in [6, 6.07) is 8.40. The molecule has 0 saturated heterocycles. The predicted molar refractivity (Wildman–Crippen MR) is 66.4 cm³/mol. The van der Waals surface area contributed by atoms with Gasteiger partial charge in [-0.05, 0) is 12.5 Å². The Balaban J connectivity index is 2.26. The van der Waals surface area contributed by atoms with E-state index in [1.165, 1.54) is 11.1 Å². The minimum absolute atomic E-state index is 0.594. The second-order valence-corrected chi connectivity index (χ2v) is 3.64. The molecule has 0 heterocycles. The lowest BCUT2D eigenvalue weighted by Crippen LogP contribution is -2.33. The lowest BCUT2D eigenvalue weighted by atomic mass is 10.1. The Kier molecular flexibility index (Phi) is 5.31. The van der Waals surface area contributed by atoms with Gasteiger partial charge < -0.3 is 16.6 Å². The third-order valence-electron chi connectivity index (χ3n) is 2.27. The van der Waals surface area contributed by atoms with Crippen LogP contribution in [0.2, 0.25) is 0 Å². The second kappa shape index (κ2) is 6.81. The fraction of sp³-hybridized carbons (Fsp3) is 0.364. The van der Waals surface area contributed by atoms with Crippen LogP contribution < -0.4 is 22.4 Å². The van der Waals surface area contributed by atoms with Crippen LogP contribution in [-0.2, 0) is 6.54 Å². The molecule has 16 heavy (non-hydrogen) atoms. The van der Waals surface area contributed by atoms with Crippen molar-refractivity contribution in [1.29, 1.82) is 0 Å². The van der Waals surface area contributed by atoms with E-state index in [4.69, 9.17) is 11.7 Å². The summed E-state index contributed by atoms with van der Waals surface area (Å²) in [6.45, 7) is 3.71. The number of rotatable bonds is 5. The van der Waals surface area contributed by atoms with Gasteiger partial charge in [-0.2, -0.15) is 5.10 Å². The quantitative estimate of drug-likeness (QED) is 0.188. The molecular weight excluding hydrogens is 202 g/mol. The van der Waals surface area contributed by atoms with Gasteiger partial charge in [-0.3, -0.25) is 0 Å². The maximum Gasteiger partial charge on any atom is 0.137 e. The van der Waals surface area contributed by atoms with Crippen molar-refractivity contribution in [2.75, 3.05) is 6.54 Å². The number of nitrogens with two attached hydrogens (primary N) is 2. The number of amidine groups is 1. The van der Waals surface area contributed by atoms with E-state index in [9.17, 15) is 0 Å². The average molecular weight is 221 g/mol. The number of hydrogen-bond acceptors (Lipinski definition) is 4. The molecule has 0 aliphatic rings. The first-order valence-electron chi connectivity index (χ1n) is 5.26. The highest BCUT2D eigenvalue weighted by molar-refractivity contribution is 5.81. The van der Waals surface area contributed by atoms with Crippen molar-refractivity contribution < 1.29 is 0 Å². The molecule has 88 valence electrons. The van der Waals surface area contributed by atoms with Gasteiger partial charge in [0, 0.05) is 19.5 Å². The summed E-state index contributed by atoms with van der Waals surface area (Å²) in [5, 5.41) is 6.80. The van der Waals surface area contributed by atoms with Crippen LogP contribution in [0.15, 0.2) is 29.4 Å². The zero-order valence-electron chi connectivity index (χ0n) is 9.53. The number of nitrogens with zero attached hydrogens (tertiary/aromatic N) is 1. The molecule has 0 saturated carbocycles. The lowest BCUT2D eigenvalue weighted by molar-refractivity contribution is 0.696. The maximum absolute atomic E-state index is 5.21. The molecule has 0 aliphatic heterocycles. The first kappa shape index (κ1) is 12.5. The Morgan fingerprint density at radius 2 is 2.25 bits per heavy atom. The zero-order valence-corrected chi connectivity index (χ0v) is 9.53. The van der Waals surface area contributed by atoms with Crippen LogP contribution in [0.1, 0.15) is 17.5 Å². The third-order valence-corrected chi connectivity index (χ3v) is 2.27. The predicted octanol–water partition coefficient (Wildman–Crippen LogP) is 0.210. The van der Waals surface area contributed by atoms with Crippen molar-refractivity contribution in [2.24, 2.45) is 16.8 Å². The highest BCUT2D eigenvalue weighted by Gasteiger charge is 1.96. The summed E-state index contributed by atoms with van der Waals surface area (Å²) in [4.78, 5) is 0. The van der Waals surface area contributed by atoms with Gasteiger partial charge in [0.1, 0.15) is 5.84 Å². The fourth-order valence-corrected chi connectivity index (χ4v) is 1.44. The van der Waals surface area contributed by atoms with Gasteiger partial charge in [-0.25, -0.2) is 5.84 Å². The van der Waals surface area contributed by atoms with E-state index in [0.717, 1.165) is 13.1 Å². The van der Waals surface area contributed by atoms with Gasteiger partial charge >= 0.3 is 0 Å². The molecule has 0 aromatic heterocycles. The first-order valence-corrected chi connectivity index (χ1v) is 5.26. The first-order chi connectivity index (χ1) is 7.76. The van der Waals surface area contributed by atoms with E-state index in [1.807, 2.05) is 0 Å². The van der Waals surface area contributed by atoms with Gasteiger partial charge in [0.2, 0.25) is 0 Å². The maximum atomic E-state index is 5.21. The third kappa shape index (κ3) is 4.29. The Morgan fingerprint density at radius 3 is 2.88 bits per heavy atom. The summed E-state index contributed by atoms with van der Waals surface area (Å²) in [6.07, 6.45) is 0.693. The van der Waals surface area contributed by atoms with Gasteiger partial charge in [0.15, 0.2) is 0 Å².